The van der Waals surface area contributed by atoms with Crippen molar-refractivity contribution in [2.24, 2.45) is 5.92 Å². The summed E-state index contributed by atoms with van der Waals surface area (Å²) in [5, 5.41) is 9.06. The van der Waals surface area contributed by atoms with Gasteiger partial charge in [-0.25, -0.2) is 0 Å². The van der Waals surface area contributed by atoms with Crippen LogP contribution >= 0.6 is 0 Å². The lowest BCUT2D eigenvalue weighted by Gasteiger charge is -2.40. The molecule has 3 atom stereocenters. The Bertz CT molecular complexity index is 329. The van der Waals surface area contributed by atoms with Crippen molar-refractivity contribution in [3.63, 3.8) is 0 Å². The van der Waals surface area contributed by atoms with Crippen LogP contribution in [0.5, 0.6) is 0 Å². The van der Waals surface area contributed by atoms with E-state index in [0.717, 1.165) is 13.1 Å². The molecule has 19 heavy (non-hydrogen) atoms. The number of carbonyl (C=O) groups is 2. The van der Waals surface area contributed by atoms with Gasteiger partial charge in [0.05, 0.1) is 12.0 Å². The summed E-state index contributed by atoms with van der Waals surface area (Å²) in [5.41, 5.74) is 0. The van der Waals surface area contributed by atoms with Crippen LogP contribution in [0.15, 0.2) is 0 Å². The molecule has 0 aromatic carbocycles. The van der Waals surface area contributed by atoms with Gasteiger partial charge in [-0.2, -0.15) is 0 Å². The molecule has 0 saturated carbocycles. The first kappa shape index (κ1) is 16.0. The summed E-state index contributed by atoms with van der Waals surface area (Å²) in [7, 11) is 0. The highest BCUT2D eigenvalue weighted by Crippen LogP contribution is 2.25. The average Bonchev–Trinajstić information content (AvgIpc) is 2.38. The molecular formula is C14H26N2O3. The Balaban J connectivity index is 2.66. The van der Waals surface area contributed by atoms with Gasteiger partial charge in [-0.3, -0.25) is 14.5 Å². The molecule has 110 valence electrons. The molecule has 1 aliphatic rings. The maximum Gasteiger partial charge on any atom is 0.306 e. The highest BCUT2D eigenvalue weighted by Gasteiger charge is 2.35. The third-order valence-corrected chi connectivity index (χ3v) is 4.21. The molecule has 5 heteroatoms. The number of aliphatic carboxylic acids is 1. The second-order valence-corrected chi connectivity index (χ2v) is 5.33. The van der Waals surface area contributed by atoms with Gasteiger partial charge in [0.25, 0.3) is 0 Å². The Kier molecular flexibility index (Phi) is 5.79. The number of nitrogens with zero attached hydrogens (tertiary/aromatic N) is 2. The van der Waals surface area contributed by atoms with Crippen LogP contribution in [0.1, 0.15) is 40.5 Å². The number of carbonyl (C=O) groups excluding carboxylic acids is 1. The summed E-state index contributed by atoms with van der Waals surface area (Å²) >= 11 is 0. The molecule has 0 aromatic heterocycles. The van der Waals surface area contributed by atoms with E-state index in [4.69, 9.17) is 5.11 Å². The van der Waals surface area contributed by atoms with Crippen LogP contribution in [0, 0.1) is 5.92 Å². The summed E-state index contributed by atoms with van der Waals surface area (Å²) in [4.78, 5) is 27.3. The highest BCUT2D eigenvalue weighted by molar-refractivity contribution is 5.81. The average molecular weight is 270 g/mol. The lowest BCUT2D eigenvalue weighted by molar-refractivity contribution is -0.145. The first-order valence-corrected chi connectivity index (χ1v) is 7.19. The molecule has 1 N–H and O–H groups in total. The second-order valence-electron chi connectivity index (χ2n) is 5.33. The molecule has 1 heterocycles. The monoisotopic (exact) mass is 270 g/mol. The second kappa shape index (κ2) is 6.89. The van der Waals surface area contributed by atoms with Gasteiger partial charge in [-0.15, -0.1) is 0 Å². The molecular weight excluding hydrogens is 244 g/mol. The minimum Gasteiger partial charge on any atom is -0.481 e. The van der Waals surface area contributed by atoms with Gasteiger partial charge in [0.1, 0.15) is 0 Å². The Morgan fingerprint density at radius 3 is 2.37 bits per heavy atom. The maximum absolute atomic E-state index is 12.3. The third-order valence-electron chi connectivity index (χ3n) is 4.21. The largest absolute Gasteiger partial charge is 0.481 e. The zero-order valence-electron chi connectivity index (χ0n) is 12.4. The van der Waals surface area contributed by atoms with Gasteiger partial charge >= 0.3 is 5.97 Å². The Morgan fingerprint density at radius 1 is 1.37 bits per heavy atom. The van der Waals surface area contributed by atoms with E-state index in [1.165, 1.54) is 0 Å². The van der Waals surface area contributed by atoms with Crippen molar-refractivity contribution in [1.82, 2.24) is 9.80 Å². The predicted octanol–water partition coefficient (Wildman–Crippen LogP) is 1.43. The summed E-state index contributed by atoms with van der Waals surface area (Å²) in [6.45, 7) is 10.0. The SMILES string of the molecule is CCN(CC)C(=O)C(C)N1CCC(C(=O)O)CC1C. The fourth-order valence-electron chi connectivity index (χ4n) is 2.93. The minimum absolute atomic E-state index is 0.143. The molecule has 1 aliphatic heterocycles. The first-order valence-electron chi connectivity index (χ1n) is 7.19. The highest BCUT2D eigenvalue weighted by atomic mass is 16.4. The number of rotatable bonds is 5. The number of likely N-dealkylation sites (N-methyl/N-ethyl adjacent to an activating group) is 1. The quantitative estimate of drug-likeness (QED) is 0.821. The van der Waals surface area contributed by atoms with Crippen LogP contribution in [0.4, 0.5) is 0 Å². The van der Waals surface area contributed by atoms with Gasteiger partial charge in [0.2, 0.25) is 5.91 Å². The molecule has 3 unspecified atom stereocenters. The summed E-state index contributed by atoms with van der Waals surface area (Å²) in [6, 6.07) is -0.0194. The Labute approximate surface area is 115 Å². The van der Waals surface area contributed by atoms with E-state index >= 15 is 0 Å². The number of likely N-dealkylation sites (tertiary alicyclic amines) is 1. The normalized spacial score (nSPS) is 25.9. The van der Waals surface area contributed by atoms with Crippen molar-refractivity contribution in [2.45, 2.75) is 52.6 Å². The number of carboxylic acids is 1. The molecule has 1 fully saturated rings. The summed E-state index contributed by atoms with van der Waals surface area (Å²) < 4.78 is 0. The van der Waals surface area contributed by atoms with Crippen LogP contribution < -0.4 is 0 Å². The lowest BCUT2D eigenvalue weighted by atomic mass is 9.90. The molecule has 0 bridgehead atoms. The number of amides is 1. The van der Waals surface area contributed by atoms with Crippen LogP contribution in [0.25, 0.3) is 0 Å². The standard InChI is InChI=1S/C14H26N2O3/c1-5-15(6-2)13(17)11(4)16-8-7-12(14(18)19)9-10(16)3/h10-12H,5-9H2,1-4H3,(H,18,19). The van der Waals surface area contributed by atoms with E-state index in [1.807, 2.05) is 32.6 Å². The van der Waals surface area contributed by atoms with Crippen LogP contribution in [-0.2, 0) is 9.59 Å². The van der Waals surface area contributed by atoms with E-state index in [9.17, 15) is 9.59 Å². The maximum atomic E-state index is 12.3. The lowest BCUT2D eigenvalue weighted by Crippen LogP contribution is -2.53. The van der Waals surface area contributed by atoms with E-state index in [0.29, 0.717) is 19.4 Å². The Hall–Kier alpha value is -1.10. The smallest absolute Gasteiger partial charge is 0.306 e. The van der Waals surface area contributed by atoms with E-state index in [2.05, 4.69) is 4.90 Å². The topological polar surface area (TPSA) is 60.9 Å². The van der Waals surface area contributed by atoms with Gasteiger partial charge in [-0.05, 0) is 40.5 Å². The van der Waals surface area contributed by atoms with E-state index in [1.54, 1.807) is 0 Å². The van der Waals surface area contributed by atoms with Crippen LogP contribution in [0.3, 0.4) is 0 Å². The van der Waals surface area contributed by atoms with Crippen molar-refractivity contribution in [3.8, 4) is 0 Å². The van der Waals surface area contributed by atoms with E-state index < -0.39 is 5.97 Å². The zero-order chi connectivity index (χ0) is 14.6. The van der Waals surface area contributed by atoms with E-state index in [-0.39, 0.29) is 23.9 Å². The van der Waals surface area contributed by atoms with Gasteiger partial charge in [0, 0.05) is 25.7 Å². The fourth-order valence-corrected chi connectivity index (χ4v) is 2.93. The first-order chi connectivity index (χ1) is 8.92. The minimum atomic E-state index is -0.714. The third kappa shape index (κ3) is 3.69. The Morgan fingerprint density at radius 2 is 1.95 bits per heavy atom. The molecule has 0 aromatic rings. The molecule has 1 rings (SSSR count). The number of hydrogen-bond acceptors (Lipinski definition) is 3. The van der Waals surface area contributed by atoms with Gasteiger partial charge in [-0.1, -0.05) is 0 Å². The summed E-state index contributed by atoms with van der Waals surface area (Å²) in [5.74, 6) is -0.832. The van der Waals surface area contributed by atoms with Crippen LogP contribution in [-0.4, -0.2) is 58.5 Å². The van der Waals surface area contributed by atoms with Crippen molar-refractivity contribution in [1.29, 1.82) is 0 Å². The number of hydrogen-bond donors (Lipinski definition) is 1. The predicted molar refractivity (Wildman–Crippen MR) is 73.9 cm³/mol. The van der Waals surface area contributed by atoms with Crippen molar-refractivity contribution in [2.75, 3.05) is 19.6 Å². The molecule has 1 saturated heterocycles. The van der Waals surface area contributed by atoms with Crippen molar-refractivity contribution < 1.29 is 14.7 Å². The number of carboxylic acid groups (broad SMARTS) is 1. The molecule has 0 spiro atoms. The molecule has 5 nitrogen and oxygen atoms in total. The van der Waals surface area contributed by atoms with Crippen LogP contribution in [0.2, 0.25) is 0 Å². The fraction of sp³-hybridized carbons (Fsp3) is 0.857. The van der Waals surface area contributed by atoms with Gasteiger partial charge in [0.15, 0.2) is 0 Å². The van der Waals surface area contributed by atoms with Crippen molar-refractivity contribution in [3.05, 3.63) is 0 Å². The van der Waals surface area contributed by atoms with Crippen molar-refractivity contribution >= 4 is 11.9 Å². The molecule has 0 radical (unpaired) electrons. The molecule has 1 amide bonds. The zero-order valence-corrected chi connectivity index (χ0v) is 12.4. The van der Waals surface area contributed by atoms with Gasteiger partial charge < -0.3 is 10.0 Å². The number of piperidine rings is 1. The molecule has 0 aliphatic carbocycles. The summed E-state index contributed by atoms with van der Waals surface area (Å²) in [6.07, 6.45) is 1.26.